The van der Waals surface area contributed by atoms with Crippen molar-refractivity contribution in [1.82, 2.24) is 0 Å². The molecule has 1 saturated carbocycles. The summed E-state index contributed by atoms with van der Waals surface area (Å²) in [5, 5.41) is -0.294. The zero-order valence-electron chi connectivity index (χ0n) is 12.7. The van der Waals surface area contributed by atoms with Gasteiger partial charge in [-0.1, -0.05) is 58.2 Å². The van der Waals surface area contributed by atoms with Crippen LogP contribution in [-0.2, 0) is 9.47 Å². The molecule has 0 unspecified atom stereocenters. The van der Waals surface area contributed by atoms with Crippen molar-refractivity contribution >= 4 is 11.8 Å². The normalized spacial score (nSPS) is 41.2. The third-order valence-electron chi connectivity index (χ3n) is 5.60. The fourth-order valence-corrected chi connectivity index (χ4v) is 5.44. The first-order valence-corrected chi connectivity index (χ1v) is 8.88. The summed E-state index contributed by atoms with van der Waals surface area (Å²) in [7, 11) is 0. The average Bonchev–Trinajstić information content (AvgIpc) is 2.69. The zero-order chi connectivity index (χ0) is 13.6. The SMILES string of the molecule is CC(C)(C)C12COC(C3CCCCCC3)(OC1)SC2. The minimum atomic E-state index is -0.294. The Morgan fingerprint density at radius 3 is 1.95 bits per heavy atom. The van der Waals surface area contributed by atoms with Gasteiger partial charge in [0.05, 0.1) is 13.2 Å². The predicted octanol–water partition coefficient (Wildman–Crippen LogP) is 4.44. The van der Waals surface area contributed by atoms with Gasteiger partial charge in [-0.05, 0) is 18.3 Å². The molecule has 3 aliphatic heterocycles. The molecule has 1 aliphatic carbocycles. The van der Waals surface area contributed by atoms with Crippen molar-refractivity contribution < 1.29 is 9.47 Å². The molecule has 0 aromatic rings. The summed E-state index contributed by atoms with van der Waals surface area (Å²) in [6.45, 7) is 8.75. The first-order chi connectivity index (χ1) is 8.98. The van der Waals surface area contributed by atoms with Crippen molar-refractivity contribution in [3.8, 4) is 0 Å². The van der Waals surface area contributed by atoms with Crippen LogP contribution in [0.3, 0.4) is 0 Å². The van der Waals surface area contributed by atoms with E-state index in [4.69, 9.17) is 9.47 Å². The lowest BCUT2D eigenvalue weighted by Gasteiger charge is -2.58. The van der Waals surface area contributed by atoms with Gasteiger partial charge < -0.3 is 9.47 Å². The van der Waals surface area contributed by atoms with Crippen molar-refractivity contribution in [2.45, 2.75) is 64.4 Å². The van der Waals surface area contributed by atoms with Crippen LogP contribution < -0.4 is 0 Å². The molecule has 0 radical (unpaired) electrons. The lowest BCUT2D eigenvalue weighted by atomic mass is 9.68. The van der Waals surface area contributed by atoms with Crippen molar-refractivity contribution in [2.24, 2.45) is 16.7 Å². The number of thioether (sulfide) groups is 1. The first kappa shape index (κ1) is 14.2. The smallest absolute Gasteiger partial charge is 0.221 e. The van der Waals surface area contributed by atoms with Gasteiger partial charge in [-0.2, -0.15) is 0 Å². The molecular formula is C16H28O2S. The summed E-state index contributed by atoms with van der Waals surface area (Å²) >= 11 is 1.96. The molecule has 2 bridgehead atoms. The molecule has 4 aliphatic rings. The molecule has 19 heavy (non-hydrogen) atoms. The highest BCUT2D eigenvalue weighted by atomic mass is 32.2. The van der Waals surface area contributed by atoms with Gasteiger partial charge in [-0.25, -0.2) is 0 Å². The lowest BCUT2D eigenvalue weighted by molar-refractivity contribution is -0.297. The fourth-order valence-electron chi connectivity index (χ4n) is 3.60. The van der Waals surface area contributed by atoms with Crippen LogP contribution in [0, 0.1) is 16.7 Å². The van der Waals surface area contributed by atoms with E-state index in [-0.39, 0.29) is 15.9 Å². The van der Waals surface area contributed by atoms with Crippen molar-refractivity contribution in [2.75, 3.05) is 19.0 Å². The number of fused-ring (bicyclic) bond motifs is 3. The molecule has 0 amide bonds. The molecular weight excluding hydrogens is 256 g/mol. The van der Waals surface area contributed by atoms with Crippen LogP contribution in [-0.4, -0.2) is 24.1 Å². The summed E-state index contributed by atoms with van der Waals surface area (Å²) in [4.78, 5) is 0. The third kappa shape index (κ3) is 2.36. The van der Waals surface area contributed by atoms with Crippen LogP contribution in [0.2, 0.25) is 0 Å². The Hall–Kier alpha value is 0.270. The molecule has 0 aromatic carbocycles. The molecule has 0 atom stereocenters. The van der Waals surface area contributed by atoms with Crippen LogP contribution in [0.5, 0.6) is 0 Å². The highest BCUT2D eigenvalue weighted by Gasteiger charge is 2.58. The Labute approximate surface area is 122 Å². The summed E-state index contributed by atoms with van der Waals surface area (Å²) in [5.41, 5.74) is 0.472. The average molecular weight is 284 g/mol. The van der Waals surface area contributed by atoms with E-state index in [1.807, 2.05) is 11.8 Å². The quantitative estimate of drug-likeness (QED) is 0.663. The second-order valence-corrected chi connectivity index (χ2v) is 8.83. The van der Waals surface area contributed by atoms with E-state index in [0.717, 1.165) is 13.2 Å². The molecule has 0 spiro atoms. The van der Waals surface area contributed by atoms with Gasteiger partial charge in [-0.3, -0.25) is 0 Å². The van der Waals surface area contributed by atoms with Crippen LogP contribution in [0.15, 0.2) is 0 Å². The van der Waals surface area contributed by atoms with E-state index in [0.29, 0.717) is 5.92 Å². The molecule has 3 heterocycles. The Morgan fingerprint density at radius 1 is 0.947 bits per heavy atom. The highest BCUT2D eigenvalue weighted by molar-refractivity contribution is 8.00. The van der Waals surface area contributed by atoms with E-state index in [2.05, 4.69) is 20.8 Å². The largest absolute Gasteiger partial charge is 0.340 e. The van der Waals surface area contributed by atoms with Crippen molar-refractivity contribution in [1.29, 1.82) is 0 Å². The summed E-state index contributed by atoms with van der Waals surface area (Å²) in [5.74, 6) is 1.81. The molecule has 0 aromatic heterocycles. The van der Waals surface area contributed by atoms with Gasteiger partial charge >= 0.3 is 0 Å². The molecule has 2 nitrogen and oxygen atoms in total. The van der Waals surface area contributed by atoms with Gasteiger partial charge in [-0.15, -0.1) is 0 Å². The summed E-state index contributed by atoms with van der Waals surface area (Å²) < 4.78 is 12.7. The van der Waals surface area contributed by atoms with Crippen LogP contribution in [0.1, 0.15) is 59.3 Å². The summed E-state index contributed by atoms with van der Waals surface area (Å²) in [6, 6.07) is 0. The molecule has 3 saturated heterocycles. The molecule has 4 rings (SSSR count). The van der Waals surface area contributed by atoms with Crippen LogP contribution in [0.4, 0.5) is 0 Å². The van der Waals surface area contributed by atoms with E-state index in [1.54, 1.807) is 0 Å². The number of rotatable bonds is 1. The standard InChI is InChI=1S/C16H28O2S/c1-14(2,3)15-10-17-16(18-11-15,19-12-15)13-8-6-4-5-7-9-13/h13H,4-12H2,1-3H3. The first-order valence-electron chi connectivity index (χ1n) is 7.89. The monoisotopic (exact) mass is 284 g/mol. The zero-order valence-corrected chi connectivity index (χ0v) is 13.5. The Morgan fingerprint density at radius 2 is 1.53 bits per heavy atom. The molecule has 4 fully saturated rings. The summed E-state index contributed by atoms with van der Waals surface area (Å²) in [6.07, 6.45) is 8.06. The molecule has 110 valence electrons. The second kappa shape index (κ2) is 4.92. The minimum Gasteiger partial charge on any atom is -0.340 e. The predicted molar refractivity (Wildman–Crippen MR) is 80.2 cm³/mol. The van der Waals surface area contributed by atoms with Crippen molar-refractivity contribution in [3.63, 3.8) is 0 Å². The van der Waals surface area contributed by atoms with Gasteiger partial charge in [0.1, 0.15) is 0 Å². The van der Waals surface area contributed by atoms with Gasteiger partial charge in [0.15, 0.2) is 0 Å². The van der Waals surface area contributed by atoms with Crippen molar-refractivity contribution in [3.05, 3.63) is 0 Å². The number of ether oxygens (including phenoxy) is 2. The Balaban J connectivity index is 1.73. The van der Waals surface area contributed by atoms with Gasteiger partial charge in [0.25, 0.3) is 0 Å². The lowest BCUT2D eigenvalue weighted by Crippen LogP contribution is -2.62. The number of hydrogen-bond donors (Lipinski definition) is 0. The fraction of sp³-hybridized carbons (Fsp3) is 1.00. The van der Waals surface area contributed by atoms with Crippen LogP contribution >= 0.6 is 11.8 Å². The Bertz CT molecular complexity index is 302. The third-order valence-corrected chi connectivity index (χ3v) is 7.26. The van der Waals surface area contributed by atoms with Crippen LogP contribution in [0.25, 0.3) is 0 Å². The van der Waals surface area contributed by atoms with E-state index < -0.39 is 0 Å². The Kier molecular flexibility index (Phi) is 3.68. The highest BCUT2D eigenvalue weighted by Crippen LogP contribution is 2.58. The second-order valence-electron chi connectivity index (χ2n) is 7.69. The van der Waals surface area contributed by atoms with Gasteiger partial charge in [0, 0.05) is 17.1 Å². The molecule has 3 heteroatoms. The molecule has 0 N–H and O–H groups in total. The van der Waals surface area contributed by atoms with Gasteiger partial charge in [0.2, 0.25) is 5.12 Å². The van der Waals surface area contributed by atoms with E-state index in [1.165, 1.54) is 44.3 Å². The van der Waals surface area contributed by atoms with E-state index in [9.17, 15) is 0 Å². The number of hydrogen-bond acceptors (Lipinski definition) is 3. The minimum absolute atomic E-state index is 0.212. The maximum Gasteiger partial charge on any atom is 0.221 e. The maximum atomic E-state index is 6.33. The van der Waals surface area contributed by atoms with E-state index >= 15 is 0 Å². The maximum absolute atomic E-state index is 6.33. The topological polar surface area (TPSA) is 18.5 Å².